The van der Waals surface area contributed by atoms with Gasteiger partial charge < -0.3 is 5.11 Å². The van der Waals surface area contributed by atoms with Crippen LogP contribution >= 0.6 is 23.1 Å². The highest BCUT2D eigenvalue weighted by Gasteiger charge is 2.33. The Morgan fingerprint density at radius 3 is 2.95 bits per heavy atom. The molecule has 0 aliphatic carbocycles. The minimum Gasteiger partial charge on any atom is -0.374 e. The van der Waals surface area contributed by atoms with Gasteiger partial charge in [0.1, 0.15) is 6.23 Å². The quantitative estimate of drug-likeness (QED) is 0.855. The van der Waals surface area contributed by atoms with E-state index in [1.165, 1.54) is 14.6 Å². The molecule has 0 aromatic carbocycles. The van der Waals surface area contributed by atoms with Gasteiger partial charge in [-0.05, 0) is 38.2 Å². The fourth-order valence-corrected chi connectivity index (χ4v) is 4.90. The van der Waals surface area contributed by atoms with E-state index in [1.807, 2.05) is 6.07 Å². The van der Waals surface area contributed by atoms with Crippen LogP contribution in [0.25, 0.3) is 10.6 Å². The Kier molecular flexibility index (Phi) is 3.90. The van der Waals surface area contributed by atoms with Crippen molar-refractivity contribution in [3.63, 3.8) is 0 Å². The molecule has 3 heterocycles. The topological polar surface area (TPSA) is 52.1 Å². The zero-order valence-corrected chi connectivity index (χ0v) is 13.5. The molecule has 20 heavy (non-hydrogen) atoms. The molecular formula is C14H19N3OS2. The van der Waals surface area contributed by atoms with E-state index >= 15 is 0 Å². The standard InChI is InChI=1S/C14H19N3OS2/c1-8(2)17-7-5-9-11(13(17)18)14(19-3)20-12(9)10-4-6-15-16-10/h4,6,8,13,18H,5,7H2,1-3H3,(H,15,16). The van der Waals surface area contributed by atoms with Crippen molar-refractivity contribution in [1.82, 2.24) is 15.1 Å². The van der Waals surface area contributed by atoms with Crippen LogP contribution in [0.3, 0.4) is 0 Å². The van der Waals surface area contributed by atoms with Crippen molar-refractivity contribution in [3.05, 3.63) is 23.4 Å². The zero-order chi connectivity index (χ0) is 14.3. The molecule has 2 N–H and O–H groups in total. The summed E-state index contributed by atoms with van der Waals surface area (Å²) in [4.78, 5) is 3.38. The normalized spacial score (nSPS) is 19.6. The number of rotatable bonds is 3. The lowest BCUT2D eigenvalue weighted by Crippen LogP contribution is -2.39. The van der Waals surface area contributed by atoms with Crippen LogP contribution in [0.15, 0.2) is 16.5 Å². The Morgan fingerprint density at radius 1 is 1.55 bits per heavy atom. The lowest BCUT2D eigenvalue weighted by molar-refractivity contribution is -0.0274. The van der Waals surface area contributed by atoms with Crippen LogP contribution in [0.5, 0.6) is 0 Å². The van der Waals surface area contributed by atoms with Gasteiger partial charge in [0.25, 0.3) is 0 Å². The summed E-state index contributed by atoms with van der Waals surface area (Å²) in [5, 5.41) is 17.8. The van der Waals surface area contributed by atoms with Gasteiger partial charge in [0.15, 0.2) is 0 Å². The fourth-order valence-electron chi connectivity index (χ4n) is 2.79. The molecule has 108 valence electrons. The number of aliphatic hydroxyl groups excluding tert-OH is 1. The second-order valence-corrected chi connectivity index (χ2v) is 7.34. The number of aromatic nitrogens is 2. The molecule has 2 aromatic rings. The highest BCUT2D eigenvalue weighted by Crippen LogP contribution is 2.46. The summed E-state index contributed by atoms with van der Waals surface area (Å²) < 4.78 is 1.21. The van der Waals surface area contributed by atoms with Gasteiger partial charge in [-0.3, -0.25) is 10.00 Å². The Morgan fingerprint density at radius 2 is 2.35 bits per heavy atom. The predicted molar refractivity (Wildman–Crippen MR) is 84.2 cm³/mol. The number of fused-ring (bicyclic) bond motifs is 1. The maximum atomic E-state index is 10.7. The SMILES string of the molecule is CSc1sc(-c2ccn[nH]2)c2c1C(O)N(C(C)C)CC2. The molecule has 0 radical (unpaired) electrons. The number of hydrogen-bond acceptors (Lipinski definition) is 5. The molecule has 1 atom stereocenters. The summed E-state index contributed by atoms with van der Waals surface area (Å²) in [6, 6.07) is 2.35. The third-order valence-electron chi connectivity index (χ3n) is 3.80. The monoisotopic (exact) mass is 309 g/mol. The van der Waals surface area contributed by atoms with Crippen molar-refractivity contribution in [2.75, 3.05) is 12.8 Å². The average molecular weight is 309 g/mol. The molecular weight excluding hydrogens is 290 g/mol. The first-order valence-electron chi connectivity index (χ1n) is 6.76. The highest BCUT2D eigenvalue weighted by atomic mass is 32.2. The van der Waals surface area contributed by atoms with Gasteiger partial charge in [0.05, 0.1) is 14.8 Å². The first-order valence-corrected chi connectivity index (χ1v) is 8.80. The third-order valence-corrected chi connectivity index (χ3v) is 6.22. The number of thiophene rings is 1. The van der Waals surface area contributed by atoms with Crippen LogP contribution < -0.4 is 0 Å². The maximum absolute atomic E-state index is 10.7. The minimum atomic E-state index is -0.492. The van der Waals surface area contributed by atoms with Crippen molar-refractivity contribution in [2.24, 2.45) is 0 Å². The molecule has 1 aliphatic rings. The molecule has 0 bridgehead atoms. The first kappa shape index (κ1) is 14.1. The van der Waals surface area contributed by atoms with Crippen LogP contribution in [-0.2, 0) is 6.42 Å². The van der Waals surface area contributed by atoms with E-state index in [9.17, 15) is 5.11 Å². The summed E-state index contributed by atoms with van der Waals surface area (Å²) in [6.07, 6.45) is 4.34. The van der Waals surface area contributed by atoms with Gasteiger partial charge in [0.2, 0.25) is 0 Å². The second kappa shape index (κ2) is 5.52. The highest BCUT2D eigenvalue weighted by molar-refractivity contribution is 8.00. The number of H-pyrrole nitrogens is 1. The number of aliphatic hydroxyl groups is 1. The average Bonchev–Trinajstić information content (AvgIpc) is 3.05. The largest absolute Gasteiger partial charge is 0.374 e. The lowest BCUT2D eigenvalue weighted by Gasteiger charge is -2.36. The summed E-state index contributed by atoms with van der Waals surface area (Å²) in [6.45, 7) is 5.17. The molecule has 1 unspecified atom stereocenters. The summed E-state index contributed by atoms with van der Waals surface area (Å²) in [5.41, 5.74) is 3.44. The van der Waals surface area contributed by atoms with E-state index < -0.39 is 6.23 Å². The Hall–Kier alpha value is -0.820. The molecule has 2 aromatic heterocycles. The third kappa shape index (κ3) is 2.20. The molecule has 0 fully saturated rings. The minimum absolute atomic E-state index is 0.350. The summed E-state index contributed by atoms with van der Waals surface area (Å²) >= 11 is 3.47. The van der Waals surface area contributed by atoms with E-state index in [1.54, 1.807) is 29.3 Å². The van der Waals surface area contributed by atoms with Crippen LogP contribution in [0.2, 0.25) is 0 Å². The molecule has 4 nitrogen and oxygen atoms in total. The van der Waals surface area contributed by atoms with Gasteiger partial charge in [-0.2, -0.15) is 5.10 Å². The predicted octanol–water partition coefficient (Wildman–Crippen LogP) is 3.12. The van der Waals surface area contributed by atoms with Crippen molar-refractivity contribution < 1.29 is 5.11 Å². The number of nitrogens with zero attached hydrogens (tertiary/aromatic N) is 2. The van der Waals surface area contributed by atoms with Gasteiger partial charge >= 0.3 is 0 Å². The number of aromatic amines is 1. The van der Waals surface area contributed by atoms with E-state index in [4.69, 9.17) is 0 Å². The van der Waals surface area contributed by atoms with Gasteiger partial charge in [-0.25, -0.2) is 0 Å². The molecule has 3 rings (SSSR count). The summed E-state index contributed by atoms with van der Waals surface area (Å²) in [5.74, 6) is 0. The van der Waals surface area contributed by atoms with Gasteiger partial charge in [-0.1, -0.05) is 0 Å². The van der Waals surface area contributed by atoms with Crippen LogP contribution in [0.1, 0.15) is 31.2 Å². The molecule has 0 saturated heterocycles. The second-order valence-electron chi connectivity index (χ2n) is 5.24. The van der Waals surface area contributed by atoms with Crippen molar-refractivity contribution in [3.8, 4) is 10.6 Å². The maximum Gasteiger partial charge on any atom is 0.136 e. The van der Waals surface area contributed by atoms with Crippen molar-refractivity contribution in [1.29, 1.82) is 0 Å². The molecule has 0 saturated carbocycles. The Labute approximate surface area is 127 Å². The summed E-state index contributed by atoms with van der Waals surface area (Å²) in [7, 11) is 0. The number of nitrogens with one attached hydrogen (secondary N) is 1. The molecule has 0 spiro atoms. The number of hydrogen-bond donors (Lipinski definition) is 2. The Balaban J connectivity index is 2.10. The van der Waals surface area contributed by atoms with Crippen LogP contribution in [0.4, 0.5) is 0 Å². The van der Waals surface area contributed by atoms with Gasteiger partial charge in [-0.15, -0.1) is 23.1 Å². The van der Waals surface area contributed by atoms with Crippen molar-refractivity contribution >= 4 is 23.1 Å². The number of thioether (sulfide) groups is 1. The smallest absolute Gasteiger partial charge is 0.136 e. The van der Waals surface area contributed by atoms with E-state index in [-0.39, 0.29) is 0 Å². The molecule has 6 heteroatoms. The van der Waals surface area contributed by atoms with E-state index in [0.29, 0.717) is 6.04 Å². The molecule has 1 aliphatic heterocycles. The molecule has 0 amide bonds. The fraction of sp³-hybridized carbons (Fsp3) is 0.500. The Bertz CT molecular complexity index is 592. The first-order chi connectivity index (χ1) is 9.63. The van der Waals surface area contributed by atoms with Crippen LogP contribution in [-0.4, -0.2) is 39.0 Å². The van der Waals surface area contributed by atoms with E-state index in [0.717, 1.165) is 24.2 Å². The van der Waals surface area contributed by atoms with Crippen LogP contribution in [0, 0.1) is 0 Å². The van der Waals surface area contributed by atoms with E-state index in [2.05, 4.69) is 35.2 Å². The van der Waals surface area contributed by atoms with Gasteiger partial charge in [0, 0.05) is 24.3 Å². The zero-order valence-electron chi connectivity index (χ0n) is 11.9. The lowest BCUT2D eigenvalue weighted by atomic mass is 9.98. The van der Waals surface area contributed by atoms with Crippen molar-refractivity contribution in [2.45, 2.75) is 36.7 Å².